The van der Waals surface area contributed by atoms with Crippen molar-refractivity contribution < 1.29 is 46.3 Å². The van der Waals surface area contributed by atoms with Crippen LogP contribution in [0.3, 0.4) is 0 Å². The molecule has 0 nitrogen and oxygen atoms in total. The third kappa shape index (κ3) is 7.29. The fourth-order valence-electron chi connectivity index (χ4n) is 1.94. The first-order valence-electron chi connectivity index (χ1n) is 6.09. The predicted octanol–water partition coefficient (Wildman–Crippen LogP) is -1.11. The van der Waals surface area contributed by atoms with Crippen LogP contribution in [0.2, 0.25) is 8.35 Å². The maximum atomic E-state index is 2.44. The first-order chi connectivity index (χ1) is 6.88. The van der Waals surface area contributed by atoms with Crippen LogP contribution < -0.4 is 24.8 Å². The van der Waals surface area contributed by atoms with E-state index in [0.717, 1.165) is 0 Å². The van der Waals surface area contributed by atoms with Crippen LogP contribution in [-0.2, 0) is 21.4 Å². The molecule has 0 heterocycles. The first-order valence-corrected chi connectivity index (χ1v) is 13.0. The quantitative estimate of drug-likeness (QED) is 0.452. The van der Waals surface area contributed by atoms with E-state index in [4.69, 9.17) is 0 Å². The molecule has 0 aromatic heterocycles. The van der Waals surface area contributed by atoms with Crippen LogP contribution in [0.5, 0.6) is 0 Å². The van der Waals surface area contributed by atoms with Crippen molar-refractivity contribution in [3.05, 3.63) is 21.6 Å². The molecule has 0 aromatic rings. The molecule has 0 unspecified atom stereocenters. The van der Waals surface area contributed by atoms with Crippen molar-refractivity contribution in [3.63, 3.8) is 0 Å². The van der Waals surface area contributed by atoms with Crippen molar-refractivity contribution in [3.8, 4) is 0 Å². The molecule has 1 aliphatic rings. The minimum absolute atomic E-state index is 0. The molecule has 93 valence electrons. The molecular formula is C13H23Cl2Hf. The topological polar surface area (TPSA) is 0 Å². The van der Waals surface area contributed by atoms with Gasteiger partial charge in [0, 0.05) is 0 Å². The minimum atomic E-state index is -1.27. The molecule has 0 N–H and O–H groups in total. The number of unbranched alkanes of at least 4 members (excludes halogenated alkanes) is 2. The standard InChI is InChI=1S/C5H5.2C4H9.2ClH.Hf/c1-2-4-5-3-1;2*1-3-4-2;;;/h1-3H,4H2;2*1,3-4H2,2H3;2*1H;/q;;;;;+2/p-2. The molecule has 0 aliphatic heterocycles. The Morgan fingerprint density at radius 3 is 2.00 bits per heavy atom. The van der Waals surface area contributed by atoms with E-state index in [9.17, 15) is 0 Å². The number of hydrogen-bond acceptors (Lipinski definition) is 0. The monoisotopic (exact) mass is 429 g/mol. The Bertz CT molecular complexity index is 204. The van der Waals surface area contributed by atoms with Crippen molar-refractivity contribution in [1.82, 2.24) is 0 Å². The summed E-state index contributed by atoms with van der Waals surface area (Å²) < 4.78 is 5.14. The van der Waals surface area contributed by atoms with Gasteiger partial charge in [-0.25, -0.2) is 0 Å². The molecule has 1 rings (SSSR count). The van der Waals surface area contributed by atoms with Gasteiger partial charge in [-0.2, -0.15) is 0 Å². The second-order valence-corrected chi connectivity index (χ2v) is 14.4. The molecule has 16 heavy (non-hydrogen) atoms. The number of hydrogen-bond donors (Lipinski definition) is 0. The molecule has 0 spiro atoms. The van der Waals surface area contributed by atoms with E-state index >= 15 is 0 Å². The van der Waals surface area contributed by atoms with Gasteiger partial charge in [0.2, 0.25) is 0 Å². The van der Waals surface area contributed by atoms with E-state index < -0.39 is 21.4 Å². The maximum absolute atomic E-state index is 2.44. The van der Waals surface area contributed by atoms with Gasteiger partial charge in [-0.3, -0.25) is 0 Å². The summed E-state index contributed by atoms with van der Waals surface area (Å²) in [6, 6.07) is 0. The smallest absolute Gasteiger partial charge is 1.00 e. The molecular weight excluding hydrogens is 406 g/mol. The van der Waals surface area contributed by atoms with Crippen LogP contribution in [0, 0.1) is 0 Å². The SMILES string of the molecule is CCC[CH2][Hf+2]([CH2]CCC)[C]1=CC=CC1.[Cl-].[Cl-]. The minimum Gasteiger partial charge on any atom is -1.00 e. The van der Waals surface area contributed by atoms with Gasteiger partial charge in [0.1, 0.15) is 0 Å². The van der Waals surface area contributed by atoms with Crippen LogP contribution in [0.15, 0.2) is 21.6 Å². The van der Waals surface area contributed by atoms with Gasteiger partial charge in [-0.15, -0.1) is 0 Å². The molecule has 0 radical (unpaired) electrons. The van der Waals surface area contributed by atoms with Gasteiger partial charge in [-0.1, -0.05) is 0 Å². The normalized spacial score (nSPS) is 12.8. The van der Waals surface area contributed by atoms with E-state index in [1.54, 1.807) is 8.35 Å². The van der Waals surface area contributed by atoms with Crippen LogP contribution in [0.4, 0.5) is 0 Å². The largest absolute Gasteiger partial charge is 1.00 e. The molecule has 0 atom stereocenters. The average molecular weight is 429 g/mol. The molecule has 3 heteroatoms. The van der Waals surface area contributed by atoms with E-state index in [0.29, 0.717) is 0 Å². The molecule has 0 saturated heterocycles. The summed E-state index contributed by atoms with van der Waals surface area (Å²) in [5.74, 6) is 0. The van der Waals surface area contributed by atoms with Crippen molar-refractivity contribution in [2.75, 3.05) is 0 Å². The Morgan fingerprint density at radius 1 is 1.06 bits per heavy atom. The van der Waals surface area contributed by atoms with Gasteiger partial charge >= 0.3 is 97.3 Å². The van der Waals surface area contributed by atoms with Gasteiger partial charge in [0.05, 0.1) is 0 Å². The maximum Gasteiger partial charge on any atom is -1.00 e. The molecule has 0 fully saturated rings. The van der Waals surface area contributed by atoms with Crippen molar-refractivity contribution in [2.24, 2.45) is 0 Å². The van der Waals surface area contributed by atoms with Crippen LogP contribution in [0.1, 0.15) is 46.0 Å². The Hall–Kier alpha value is 0.930. The predicted molar refractivity (Wildman–Crippen MR) is 61.3 cm³/mol. The Balaban J connectivity index is 0. The zero-order valence-electron chi connectivity index (χ0n) is 10.4. The summed E-state index contributed by atoms with van der Waals surface area (Å²) in [4.78, 5) is 0. The Morgan fingerprint density at radius 2 is 1.62 bits per heavy atom. The summed E-state index contributed by atoms with van der Waals surface area (Å²) in [6.07, 6.45) is 14.1. The molecule has 0 aromatic carbocycles. The van der Waals surface area contributed by atoms with Gasteiger partial charge < -0.3 is 24.8 Å². The molecule has 0 saturated carbocycles. The van der Waals surface area contributed by atoms with E-state index in [2.05, 4.69) is 32.1 Å². The van der Waals surface area contributed by atoms with E-state index in [1.165, 1.54) is 32.1 Å². The molecule has 0 amide bonds. The molecule has 0 bridgehead atoms. The average Bonchev–Trinajstić information content (AvgIpc) is 2.71. The summed E-state index contributed by atoms with van der Waals surface area (Å²) >= 11 is -1.27. The summed E-state index contributed by atoms with van der Waals surface area (Å²) in [5, 5.41) is 0. The van der Waals surface area contributed by atoms with E-state index in [1.807, 2.05) is 3.33 Å². The van der Waals surface area contributed by atoms with Gasteiger partial charge in [0.15, 0.2) is 0 Å². The Labute approximate surface area is 121 Å². The zero-order chi connectivity index (χ0) is 10.2. The van der Waals surface area contributed by atoms with E-state index in [-0.39, 0.29) is 24.8 Å². The van der Waals surface area contributed by atoms with Crippen molar-refractivity contribution in [1.29, 1.82) is 0 Å². The zero-order valence-corrected chi connectivity index (χ0v) is 15.5. The number of halogens is 2. The third-order valence-corrected chi connectivity index (χ3v) is 14.4. The molecule has 1 aliphatic carbocycles. The van der Waals surface area contributed by atoms with Crippen molar-refractivity contribution in [2.45, 2.75) is 54.3 Å². The fraction of sp³-hybridized carbons (Fsp3) is 0.692. The van der Waals surface area contributed by atoms with Gasteiger partial charge in [-0.05, 0) is 0 Å². The second kappa shape index (κ2) is 12.4. The van der Waals surface area contributed by atoms with Crippen LogP contribution >= 0.6 is 0 Å². The third-order valence-electron chi connectivity index (χ3n) is 2.89. The Kier molecular flexibility index (Phi) is 14.9. The first kappa shape index (κ1) is 19.3. The van der Waals surface area contributed by atoms with Crippen LogP contribution in [-0.4, -0.2) is 0 Å². The fourth-order valence-corrected chi connectivity index (χ4v) is 13.4. The second-order valence-electron chi connectivity index (χ2n) is 4.13. The van der Waals surface area contributed by atoms with Crippen molar-refractivity contribution >= 4 is 0 Å². The van der Waals surface area contributed by atoms with Crippen LogP contribution in [0.25, 0.3) is 0 Å². The summed E-state index contributed by atoms with van der Waals surface area (Å²) in [7, 11) is 0. The number of rotatable bonds is 7. The summed E-state index contributed by atoms with van der Waals surface area (Å²) in [6.45, 7) is 4.65. The number of allylic oxidation sites excluding steroid dienone is 4. The summed E-state index contributed by atoms with van der Waals surface area (Å²) in [5.41, 5.74) is 0. The van der Waals surface area contributed by atoms with Gasteiger partial charge in [0.25, 0.3) is 0 Å².